The number of carbonyl (C=O) groups is 5. The van der Waals surface area contributed by atoms with Crippen molar-refractivity contribution in [2.24, 2.45) is 0 Å². The van der Waals surface area contributed by atoms with Crippen LogP contribution in [0, 0.1) is 5.82 Å². The molecule has 1 amide bonds. The van der Waals surface area contributed by atoms with Crippen LogP contribution < -0.4 is 5.32 Å². The van der Waals surface area contributed by atoms with E-state index in [0.717, 1.165) is 12.1 Å². The summed E-state index contributed by atoms with van der Waals surface area (Å²) in [7, 11) is 0. The highest BCUT2D eigenvalue weighted by Gasteiger charge is 2.20. The van der Waals surface area contributed by atoms with Crippen molar-refractivity contribution in [3.63, 3.8) is 0 Å². The van der Waals surface area contributed by atoms with E-state index in [4.69, 9.17) is 9.47 Å². The Bertz CT molecular complexity index is 1270. The smallest absolute Gasteiger partial charge is 0.338 e. The van der Waals surface area contributed by atoms with Crippen molar-refractivity contribution in [1.82, 2.24) is 0 Å². The molecule has 0 aliphatic rings. The highest BCUT2D eigenvalue weighted by atomic mass is 19.1. The van der Waals surface area contributed by atoms with Gasteiger partial charge in [-0.15, -0.1) is 0 Å². The van der Waals surface area contributed by atoms with Gasteiger partial charge in [0.1, 0.15) is 5.82 Å². The van der Waals surface area contributed by atoms with Gasteiger partial charge in [-0.25, -0.2) is 9.18 Å². The summed E-state index contributed by atoms with van der Waals surface area (Å²) in [6.45, 7) is 0.977. The first-order chi connectivity index (χ1) is 17.7. The third-order valence-electron chi connectivity index (χ3n) is 5.20. The second kappa shape index (κ2) is 12.9. The molecule has 3 rings (SSSR count). The summed E-state index contributed by atoms with van der Waals surface area (Å²) in [6, 6.07) is 19.2. The van der Waals surface area contributed by atoms with Crippen LogP contribution in [0.5, 0.6) is 0 Å². The summed E-state index contributed by atoms with van der Waals surface area (Å²) >= 11 is 0. The molecule has 0 aliphatic heterocycles. The fraction of sp³-hybridized carbons (Fsp3) is 0.179. The van der Waals surface area contributed by atoms with Crippen molar-refractivity contribution >= 4 is 35.1 Å². The molecular weight excluding hydrogens is 481 g/mol. The van der Waals surface area contributed by atoms with Crippen LogP contribution in [-0.4, -0.2) is 42.1 Å². The zero-order chi connectivity index (χ0) is 26.8. The summed E-state index contributed by atoms with van der Waals surface area (Å²) in [5, 5.41) is 2.58. The van der Waals surface area contributed by atoms with Gasteiger partial charge in [0.05, 0.1) is 12.0 Å². The molecule has 9 heteroatoms. The lowest BCUT2D eigenvalue weighted by molar-refractivity contribution is -0.143. The zero-order valence-corrected chi connectivity index (χ0v) is 19.9. The standard InChI is InChI=1S/C28H24FNO7/c1-18(27(34)20-5-3-2-4-6-20)37-28(35)21-9-13-23(14-10-21)30-25(32)15-16-26(33)36-17-24(31)19-7-11-22(29)12-8-19/h2-14,18H,15-17H2,1H3,(H,30,32). The first kappa shape index (κ1) is 26.9. The highest BCUT2D eigenvalue weighted by Crippen LogP contribution is 2.14. The Morgan fingerprint density at radius 3 is 2.05 bits per heavy atom. The summed E-state index contributed by atoms with van der Waals surface area (Å²) in [6.07, 6.45) is -1.41. The number of hydrogen-bond acceptors (Lipinski definition) is 7. The SMILES string of the molecule is CC(OC(=O)c1ccc(NC(=O)CCC(=O)OCC(=O)c2ccc(F)cc2)cc1)C(=O)c1ccccc1. The van der Waals surface area contributed by atoms with E-state index in [1.807, 2.05) is 0 Å². The molecular formula is C28H24FNO7. The molecule has 1 N–H and O–H groups in total. The molecule has 0 spiro atoms. The van der Waals surface area contributed by atoms with Crippen LogP contribution >= 0.6 is 0 Å². The minimum Gasteiger partial charge on any atom is -0.457 e. The summed E-state index contributed by atoms with van der Waals surface area (Å²) in [4.78, 5) is 60.6. The van der Waals surface area contributed by atoms with Crippen molar-refractivity contribution in [2.75, 3.05) is 11.9 Å². The molecule has 8 nitrogen and oxygen atoms in total. The van der Waals surface area contributed by atoms with Crippen LogP contribution in [0.4, 0.5) is 10.1 Å². The van der Waals surface area contributed by atoms with Crippen LogP contribution in [0.1, 0.15) is 50.8 Å². The lowest BCUT2D eigenvalue weighted by Gasteiger charge is -2.12. The summed E-state index contributed by atoms with van der Waals surface area (Å²) in [5.74, 6) is -3.19. The Hall–Kier alpha value is -4.66. The molecule has 3 aromatic carbocycles. The second-order valence-corrected chi connectivity index (χ2v) is 7.99. The van der Waals surface area contributed by atoms with Gasteiger partial charge < -0.3 is 14.8 Å². The van der Waals surface area contributed by atoms with Gasteiger partial charge in [-0.1, -0.05) is 30.3 Å². The lowest BCUT2D eigenvalue weighted by Crippen LogP contribution is -2.24. The maximum absolute atomic E-state index is 12.9. The fourth-order valence-corrected chi connectivity index (χ4v) is 3.19. The molecule has 1 unspecified atom stereocenters. The quantitative estimate of drug-likeness (QED) is 0.303. The number of ketones is 2. The van der Waals surface area contributed by atoms with Gasteiger partial charge in [-0.2, -0.15) is 0 Å². The van der Waals surface area contributed by atoms with Gasteiger partial charge in [-0.3, -0.25) is 19.2 Å². The van der Waals surface area contributed by atoms with Crippen molar-refractivity contribution in [1.29, 1.82) is 0 Å². The van der Waals surface area contributed by atoms with Gasteiger partial charge in [-0.05, 0) is 55.5 Å². The highest BCUT2D eigenvalue weighted by molar-refractivity contribution is 6.01. The Labute approximate surface area is 212 Å². The molecule has 1 atom stereocenters. The predicted molar refractivity (Wildman–Crippen MR) is 132 cm³/mol. The van der Waals surface area contributed by atoms with Gasteiger partial charge in [0.25, 0.3) is 0 Å². The Morgan fingerprint density at radius 1 is 0.784 bits per heavy atom. The number of benzene rings is 3. The molecule has 0 heterocycles. The third kappa shape index (κ3) is 8.21. The average Bonchev–Trinajstić information content (AvgIpc) is 2.91. The van der Waals surface area contributed by atoms with E-state index in [9.17, 15) is 28.4 Å². The van der Waals surface area contributed by atoms with E-state index in [1.165, 1.54) is 43.3 Å². The normalized spacial score (nSPS) is 11.2. The van der Waals surface area contributed by atoms with Crippen molar-refractivity contribution in [2.45, 2.75) is 25.9 Å². The largest absolute Gasteiger partial charge is 0.457 e. The number of nitrogens with one attached hydrogen (secondary N) is 1. The van der Waals surface area contributed by atoms with Crippen molar-refractivity contribution in [3.8, 4) is 0 Å². The zero-order valence-electron chi connectivity index (χ0n) is 19.9. The topological polar surface area (TPSA) is 116 Å². The van der Waals surface area contributed by atoms with Crippen molar-refractivity contribution < 1.29 is 37.8 Å². The number of halogens is 1. The molecule has 0 aromatic heterocycles. The van der Waals surface area contributed by atoms with E-state index in [-0.39, 0.29) is 29.8 Å². The first-order valence-electron chi connectivity index (χ1n) is 11.4. The number of amides is 1. The van der Waals surface area contributed by atoms with Crippen LogP contribution in [-0.2, 0) is 19.1 Å². The Kier molecular flexibility index (Phi) is 9.37. The second-order valence-electron chi connectivity index (χ2n) is 7.99. The lowest BCUT2D eigenvalue weighted by atomic mass is 10.1. The van der Waals surface area contributed by atoms with Gasteiger partial charge in [0, 0.05) is 23.2 Å². The number of Topliss-reactive ketones (excluding diaryl/α,β-unsaturated/α-hetero) is 2. The van der Waals surface area contributed by atoms with Crippen LogP contribution in [0.3, 0.4) is 0 Å². The van der Waals surface area contributed by atoms with Crippen LogP contribution in [0.25, 0.3) is 0 Å². The molecule has 0 radical (unpaired) electrons. The number of hydrogen-bond donors (Lipinski definition) is 1. The first-order valence-corrected chi connectivity index (χ1v) is 11.4. The number of rotatable bonds is 11. The van der Waals surface area contributed by atoms with Gasteiger partial charge in [0.15, 0.2) is 18.5 Å². The van der Waals surface area contributed by atoms with Gasteiger partial charge in [0.2, 0.25) is 11.7 Å². The van der Waals surface area contributed by atoms with E-state index in [0.29, 0.717) is 11.3 Å². The molecule has 3 aromatic rings. The van der Waals surface area contributed by atoms with Crippen LogP contribution in [0.2, 0.25) is 0 Å². The van der Waals surface area contributed by atoms with Crippen LogP contribution in [0.15, 0.2) is 78.9 Å². The molecule has 0 aliphatic carbocycles. The van der Waals surface area contributed by atoms with E-state index in [1.54, 1.807) is 30.3 Å². The molecule has 0 saturated carbocycles. The van der Waals surface area contributed by atoms with E-state index >= 15 is 0 Å². The summed E-state index contributed by atoms with van der Waals surface area (Å²) in [5.41, 5.74) is 1.22. The Morgan fingerprint density at radius 2 is 1.41 bits per heavy atom. The number of anilines is 1. The fourth-order valence-electron chi connectivity index (χ4n) is 3.19. The van der Waals surface area contributed by atoms with Crippen molar-refractivity contribution in [3.05, 3.63) is 101 Å². The Balaban J connectivity index is 1.41. The predicted octanol–water partition coefficient (Wildman–Crippen LogP) is 4.40. The molecule has 0 bridgehead atoms. The number of ether oxygens (including phenoxy) is 2. The molecule has 37 heavy (non-hydrogen) atoms. The van der Waals surface area contributed by atoms with Gasteiger partial charge >= 0.3 is 11.9 Å². The minimum absolute atomic E-state index is 0.188. The molecule has 0 fully saturated rings. The monoisotopic (exact) mass is 505 g/mol. The van der Waals surface area contributed by atoms with E-state index < -0.39 is 42.2 Å². The minimum atomic E-state index is -0.972. The average molecular weight is 505 g/mol. The maximum atomic E-state index is 12.9. The molecule has 0 saturated heterocycles. The van der Waals surface area contributed by atoms with E-state index in [2.05, 4.69) is 5.32 Å². The number of carbonyl (C=O) groups excluding carboxylic acids is 5. The maximum Gasteiger partial charge on any atom is 0.338 e. The third-order valence-corrected chi connectivity index (χ3v) is 5.20. The molecule has 190 valence electrons. The summed E-state index contributed by atoms with van der Waals surface area (Å²) < 4.78 is 23.0. The number of esters is 2.